The van der Waals surface area contributed by atoms with Crippen molar-refractivity contribution in [3.8, 4) is 16.6 Å². The van der Waals surface area contributed by atoms with Gasteiger partial charge in [0, 0.05) is 10.8 Å². The number of nitrogens with two attached hydrogens (primary N) is 1. The Hall–Kier alpha value is -2.07. The van der Waals surface area contributed by atoms with Crippen LogP contribution in [0.5, 0.6) is 0 Å². The van der Waals surface area contributed by atoms with Crippen LogP contribution >= 0.6 is 34.7 Å². The monoisotopic (exact) mass is 358 g/mol. The van der Waals surface area contributed by atoms with Crippen molar-refractivity contribution in [1.29, 1.82) is 5.26 Å². The Kier molecular flexibility index (Phi) is 4.82. The molecule has 23 heavy (non-hydrogen) atoms. The molecule has 0 spiro atoms. The van der Waals surface area contributed by atoms with E-state index in [0.29, 0.717) is 27.1 Å². The van der Waals surface area contributed by atoms with Crippen LogP contribution in [0, 0.1) is 11.3 Å². The van der Waals surface area contributed by atoms with E-state index in [9.17, 15) is 5.26 Å². The van der Waals surface area contributed by atoms with Crippen molar-refractivity contribution >= 4 is 40.6 Å². The number of aromatic nitrogens is 2. The molecule has 0 saturated heterocycles. The summed E-state index contributed by atoms with van der Waals surface area (Å²) in [6, 6.07) is 13.6. The molecule has 3 aromatic rings. The van der Waals surface area contributed by atoms with E-state index >= 15 is 0 Å². The van der Waals surface area contributed by atoms with Crippen LogP contribution < -0.4 is 5.73 Å². The van der Waals surface area contributed by atoms with Crippen LogP contribution in [0.4, 0.5) is 5.95 Å². The van der Waals surface area contributed by atoms with E-state index in [1.165, 1.54) is 23.1 Å². The van der Waals surface area contributed by atoms with E-state index < -0.39 is 0 Å². The molecule has 4 nitrogen and oxygen atoms in total. The number of nitriles is 1. The van der Waals surface area contributed by atoms with Gasteiger partial charge in [-0.3, -0.25) is 0 Å². The van der Waals surface area contributed by atoms with Crippen molar-refractivity contribution in [2.75, 3.05) is 5.73 Å². The van der Waals surface area contributed by atoms with Crippen LogP contribution in [-0.4, -0.2) is 9.97 Å². The van der Waals surface area contributed by atoms with Crippen LogP contribution in [0.3, 0.4) is 0 Å². The first-order valence-corrected chi connectivity index (χ1v) is 8.90. The molecule has 0 aliphatic carbocycles. The first-order valence-electron chi connectivity index (χ1n) is 6.66. The van der Waals surface area contributed by atoms with Gasteiger partial charge in [-0.25, -0.2) is 9.97 Å². The molecule has 1 aromatic carbocycles. The van der Waals surface area contributed by atoms with E-state index in [0.717, 1.165) is 10.4 Å². The van der Waals surface area contributed by atoms with Gasteiger partial charge >= 0.3 is 0 Å². The van der Waals surface area contributed by atoms with Crippen LogP contribution in [-0.2, 0) is 5.75 Å². The molecule has 0 bridgehead atoms. The second-order valence-electron chi connectivity index (χ2n) is 4.61. The van der Waals surface area contributed by atoms with Crippen LogP contribution in [0.15, 0.2) is 46.8 Å². The van der Waals surface area contributed by atoms with E-state index in [1.54, 1.807) is 0 Å². The van der Waals surface area contributed by atoms with Gasteiger partial charge in [-0.05, 0) is 29.1 Å². The highest BCUT2D eigenvalue weighted by Gasteiger charge is 2.16. The Labute approximate surface area is 147 Å². The smallest absolute Gasteiger partial charge is 0.221 e. The number of thioether (sulfide) groups is 1. The van der Waals surface area contributed by atoms with Gasteiger partial charge < -0.3 is 5.73 Å². The zero-order valence-corrected chi connectivity index (χ0v) is 14.3. The van der Waals surface area contributed by atoms with E-state index in [-0.39, 0.29) is 5.95 Å². The fourth-order valence-electron chi connectivity index (χ4n) is 1.99. The van der Waals surface area contributed by atoms with Crippen molar-refractivity contribution in [2.45, 2.75) is 10.8 Å². The number of hydrogen-bond acceptors (Lipinski definition) is 6. The van der Waals surface area contributed by atoms with Gasteiger partial charge in [-0.1, -0.05) is 29.8 Å². The van der Waals surface area contributed by atoms with Gasteiger partial charge in [-0.15, -0.1) is 23.1 Å². The maximum absolute atomic E-state index is 9.53. The van der Waals surface area contributed by atoms with E-state index in [4.69, 9.17) is 17.3 Å². The summed E-state index contributed by atoms with van der Waals surface area (Å²) in [6.45, 7) is 0. The van der Waals surface area contributed by atoms with Gasteiger partial charge in [0.2, 0.25) is 5.95 Å². The van der Waals surface area contributed by atoms with Gasteiger partial charge in [0.15, 0.2) is 0 Å². The lowest BCUT2D eigenvalue weighted by molar-refractivity contribution is 1.05. The number of nitrogens with zero attached hydrogens (tertiary/aromatic N) is 3. The van der Waals surface area contributed by atoms with Crippen molar-refractivity contribution in [3.63, 3.8) is 0 Å². The quantitative estimate of drug-likeness (QED) is 0.544. The summed E-state index contributed by atoms with van der Waals surface area (Å²) in [6.07, 6.45) is 0. The Morgan fingerprint density at radius 2 is 2.00 bits per heavy atom. The molecule has 3 rings (SSSR count). The minimum absolute atomic E-state index is 0.172. The summed E-state index contributed by atoms with van der Waals surface area (Å²) in [7, 11) is 0. The highest BCUT2D eigenvalue weighted by Crippen LogP contribution is 2.33. The topological polar surface area (TPSA) is 75.6 Å². The predicted octanol–water partition coefficient (Wildman–Crippen LogP) is 4.60. The Balaban J connectivity index is 1.92. The molecule has 2 aromatic heterocycles. The molecule has 0 unspecified atom stereocenters. The number of anilines is 1. The maximum Gasteiger partial charge on any atom is 0.221 e. The molecule has 0 fully saturated rings. The molecule has 0 radical (unpaired) electrons. The van der Waals surface area contributed by atoms with Crippen molar-refractivity contribution in [3.05, 3.63) is 57.9 Å². The summed E-state index contributed by atoms with van der Waals surface area (Å²) in [5.74, 6) is 0.845. The lowest BCUT2D eigenvalue weighted by Gasteiger charge is -2.08. The molecule has 0 atom stereocenters. The lowest BCUT2D eigenvalue weighted by atomic mass is 10.2. The van der Waals surface area contributed by atoms with Crippen molar-refractivity contribution in [1.82, 2.24) is 9.97 Å². The third-order valence-electron chi connectivity index (χ3n) is 3.05. The summed E-state index contributed by atoms with van der Waals surface area (Å²) in [4.78, 5) is 9.38. The normalized spacial score (nSPS) is 10.4. The highest BCUT2D eigenvalue weighted by atomic mass is 35.5. The summed E-state index contributed by atoms with van der Waals surface area (Å²) >= 11 is 8.87. The Bertz CT molecular complexity index is 855. The fourth-order valence-corrected chi connectivity index (χ4v) is 3.77. The van der Waals surface area contributed by atoms with Crippen LogP contribution in [0.1, 0.15) is 11.1 Å². The Morgan fingerprint density at radius 1 is 1.22 bits per heavy atom. The molecule has 0 amide bonds. The average Bonchev–Trinajstić information content (AvgIpc) is 3.08. The molecule has 0 saturated carbocycles. The lowest BCUT2D eigenvalue weighted by Crippen LogP contribution is -2.01. The number of nitrogen functional groups attached to an aromatic ring is 1. The number of rotatable bonds is 4. The first kappa shape index (κ1) is 15.8. The third-order valence-corrected chi connectivity index (χ3v) is 5.22. The molecular formula is C16H11ClN4S2. The summed E-state index contributed by atoms with van der Waals surface area (Å²) < 4.78 is 0. The van der Waals surface area contributed by atoms with Crippen LogP contribution in [0.25, 0.3) is 10.6 Å². The fraction of sp³-hybridized carbons (Fsp3) is 0.0625. The summed E-state index contributed by atoms with van der Waals surface area (Å²) in [5.41, 5.74) is 7.97. The van der Waals surface area contributed by atoms with Gasteiger partial charge in [-0.2, -0.15) is 5.26 Å². The van der Waals surface area contributed by atoms with Gasteiger partial charge in [0.25, 0.3) is 0 Å². The SMILES string of the molecule is N#Cc1c(SCc2ccc(Cl)cc2)nc(N)nc1-c1cccs1. The zero-order valence-electron chi connectivity index (χ0n) is 11.9. The minimum atomic E-state index is 0.172. The summed E-state index contributed by atoms with van der Waals surface area (Å²) in [5, 5.41) is 12.8. The highest BCUT2D eigenvalue weighted by molar-refractivity contribution is 7.98. The first-order chi connectivity index (χ1) is 11.2. The molecular weight excluding hydrogens is 348 g/mol. The van der Waals surface area contributed by atoms with Gasteiger partial charge in [0.1, 0.15) is 22.4 Å². The molecule has 2 heterocycles. The van der Waals surface area contributed by atoms with Gasteiger partial charge in [0.05, 0.1) is 4.88 Å². The van der Waals surface area contributed by atoms with Crippen molar-refractivity contribution < 1.29 is 0 Å². The second-order valence-corrected chi connectivity index (χ2v) is 6.96. The zero-order chi connectivity index (χ0) is 16.2. The molecule has 2 N–H and O–H groups in total. The van der Waals surface area contributed by atoms with Crippen molar-refractivity contribution in [2.24, 2.45) is 0 Å². The van der Waals surface area contributed by atoms with Crippen LogP contribution in [0.2, 0.25) is 5.02 Å². The molecule has 0 aliphatic heterocycles. The minimum Gasteiger partial charge on any atom is -0.368 e. The molecule has 0 aliphatic rings. The standard InChI is InChI=1S/C16H11ClN4S2/c17-11-5-3-10(4-6-11)9-23-15-12(8-18)14(20-16(19)21-15)13-2-1-7-22-13/h1-7H,9H2,(H2,19,20,21). The second kappa shape index (κ2) is 7.01. The Morgan fingerprint density at radius 3 is 2.65 bits per heavy atom. The molecule has 114 valence electrons. The number of hydrogen-bond donors (Lipinski definition) is 1. The van der Waals surface area contributed by atoms with E-state index in [1.807, 2.05) is 41.8 Å². The third kappa shape index (κ3) is 3.64. The van der Waals surface area contributed by atoms with E-state index in [2.05, 4.69) is 16.0 Å². The average molecular weight is 359 g/mol. The number of benzene rings is 1. The largest absolute Gasteiger partial charge is 0.368 e. The number of halogens is 1. The molecule has 7 heteroatoms. The maximum atomic E-state index is 9.53. The predicted molar refractivity (Wildman–Crippen MR) is 95.5 cm³/mol. The number of thiophene rings is 1.